The third kappa shape index (κ3) is 4.40. The number of halogens is 1. The van der Waals surface area contributed by atoms with Crippen molar-refractivity contribution in [3.8, 4) is 0 Å². The van der Waals surface area contributed by atoms with Gasteiger partial charge in [0.05, 0.1) is 10.8 Å². The normalized spacial score (nSPS) is 21.3. The second-order valence-electron chi connectivity index (χ2n) is 8.43. The molecule has 0 saturated carbocycles. The summed E-state index contributed by atoms with van der Waals surface area (Å²) in [6, 6.07) is 11.7. The molecule has 1 N–H and O–H groups in total. The first-order valence-corrected chi connectivity index (χ1v) is 12.5. The number of carbonyl (C=O) groups is 2. The van der Waals surface area contributed by atoms with Crippen LogP contribution in [0.15, 0.2) is 47.4 Å². The zero-order valence-electron chi connectivity index (χ0n) is 18.0. The van der Waals surface area contributed by atoms with Crippen molar-refractivity contribution in [3.05, 3.63) is 53.1 Å². The van der Waals surface area contributed by atoms with E-state index in [0.717, 1.165) is 11.3 Å². The predicted molar refractivity (Wildman–Crippen MR) is 124 cm³/mol. The number of hydrogen-bond donors (Lipinski definition) is 1. The van der Waals surface area contributed by atoms with E-state index in [1.165, 1.54) is 11.2 Å². The first-order chi connectivity index (χ1) is 15.2. The van der Waals surface area contributed by atoms with E-state index in [1.807, 2.05) is 6.92 Å². The van der Waals surface area contributed by atoms with Gasteiger partial charge < -0.3 is 10.2 Å². The molecule has 0 aliphatic carbocycles. The molecule has 1 saturated heterocycles. The van der Waals surface area contributed by atoms with E-state index in [-0.39, 0.29) is 29.3 Å². The highest BCUT2D eigenvalue weighted by atomic mass is 35.5. The summed E-state index contributed by atoms with van der Waals surface area (Å²) in [5, 5.41) is 3.43. The van der Waals surface area contributed by atoms with Crippen molar-refractivity contribution in [1.82, 2.24) is 4.31 Å². The third-order valence-electron chi connectivity index (χ3n) is 6.11. The van der Waals surface area contributed by atoms with Crippen molar-refractivity contribution in [2.75, 3.05) is 23.3 Å². The van der Waals surface area contributed by atoms with E-state index < -0.39 is 15.9 Å². The molecule has 1 fully saturated rings. The van der Waals surface area contributed by atoms with Crippen LogP contribution in [-0.4, -0.2) is 43.7 Å². The number of sulfonamides is 1. The largest absolute Gasteiger partial charge is 0.326 e. The molecule has 0 spiro atoms. The Balaban J connectivity index is 1.50. The summed E-state index contributed by atoms with van der Waals surface area (Å²) in [5.41, 5.74) is 2.24. The van der Waals surface area contributed by atoms with Crippen LogP contribution in [0.25, 0.3) is 0 Å². The number of benzene rings is 2. The summed E-state index contributed by atoms with van der Waals surface area (Å²) in [4.78, 5) is 26.6. The molecule has 2 aromatic carbocycles. The van der Waals surface area contributed by atoms with Crippen LogP contribution in [0.2, 0.25) is 5.02 Å². The fraction of sp³-hybridized carbons (Fsp3) is 0.391. The van der Waals surface area contributed by atoms with E-state index in [1.54, 1.807) is 47.4 Å². The van der Waals surface area contributed by atoms with Gasteiger partial charge in [-0.2, -0.15) is 4.31 Å². The molecule has 170 valence electrons. The molecular formula is C23H26ClN3O4S. The summed E-state index contributed by atoms with van der Waals surface area (Å²) in [6.07, 6.45) is 1.85. The zero-order valence-corrected chi connectivity index (χ0v) is 19.6. The molecule has 0 bridgehead atoms. The molecule has 2 aromatic rings. The predicted octanol–water partition coefficient (Wildman–Crippen LogP) is 3.68. The number of anilines is 2. The smallest absolute Gasteiger partial charge is 0.243 e. The number of amides is 2. The Morgan fingerprint density at radius 1 is 1.12 bits per heavy atom. The number of piperidine rings is 1. The lowest BCUT2D eigenvalue weighted by atomic mass is 9.99. The van der Waals surface area contributed by atoms with E-state index >= 15 is 0 Å². The van der Waals surface area contributed by atoms with E-state index in [9.17, 15) is 18.0 Å². The highest BCUT2D eigenvalue weighted by molar-refractivity contribution is 7.89. The Bertz CT molecular complexity index is 1150. The second-order valence-corrected chi connectivity index (χ2v) is 10.8. The Hall–Kier alpha value is -2.42. The molecule has 2 aliphatic rings. The minimum Gasteiger partial charge on any atom is -0.326 e. The molecule has 2 atom stereocenters. The van der Waals surface area contributed by atoms with Crippen LogP contribution >= 0.6 is 11.6 Å². The van der Waals surface area contributed by atoms with Gasteiger partial charge in [0.25, 0.3) is 0 Å². The van der Waals surface area contributed by atoms with Gasteiger partial charge in [-0.15, -0.1) is 0 Å². The quantitative estimate of drug-likeness (QED) is 0.730. The van der Waals surface area contributed by atoms with Crippen molar-refractivity contribution < 1.29 is 18.0 Å². The summed E-state index contributed by atoms with van der Waals surface area (Å²) in [7, 11) is -3.75. The van der Waals surface area contributed by atoms with Crippen LogP contribution in [0.4, 0.5) is 11.4 Å². The van der Waals surface area contributed by atoms with Gasteiger partial charge in [0.15, 0.2) is 0 Å². The van der Waals surface area contributed by atoms with Crippen molar-refractivity contribution >= 4 is 44.8 Å². The summed E-state index contributed by atoms with van der Waals surface area (Å²) in [5.74, 6) is -0.693. The van der Waals surface area contributed by atoms with Gasteiger partial charge in [-0.05, 0) is 74.2 Å². The fourth-order valence-corrected chi connectivity index (χ4v) is 6.25. The summed E-state index contributed by atoms with van der Waals surface area (Å²) >= 11 is 5.89. The van der Waals surface area contributed by atoms with Crippen molar-refractivity contribution in [1.29, 1.82) is 0 Å². The molecule has 0 aromatic heterocycles. The number of rotatable bonds is 4. The molecule has 7 nitrogen and oxygen atoms in total. The fourth-order valence-electron chi connectivity index (χ4n) is 4.55. The lowest BCUT2D eigenvalue weighted by Gasteiger charge is -2.31. The second kappa shape index (κ2) is 8.84. The van der Waals surface area contributed by atoms with Crippen LogP contribution in [-0.2, 0) is 26.0 Å². The minimum absolute atomic E-state index is 0.00335. The Morgan fingerprint density at radius 3 is 2.53 bits per heavy atom. The van der Waals surface area contributed by atoms with Gasteiger partial charge in [-0.1, -0.05) is 11.6 Å². The molecule has 2 amide bonds. The molecule has 32 heavy (non-hydrogen) atoms. The maximum absolute atomic E-state index is 13.3. The van der Waals surface area contributed by atoms with Gasteiger partial charge in [-0.3, -0.25) is 9.59 Å². The van der Waals surface area contributed by atoms with Gasteiger partial charge in [-0.25, -0.2) is 8.42 Å². The topological polar surface area (TPSA) is 86.8 Å². The molecule has 2 unspecified atom stereocenters. The lowest BCUT2D eigenvalue weighted by molar-refractivity contribution is -0.121. The molecule has 4 rings (SSSR count). The number of hydrogen-bond acceptors (Lipinski definition) is 4. The van der Waals surface area contributed by atoms with Crippen LogP contribution < -0.4 is 10.2 Å². The monoisotopic (exact) mass is 475 g/mol. The minimum atomic E-state index is -3.75. The molecule has 2 heterocycles. The van der Waals surface area contributed by atoms with E-state index in [2.05, 4.69) is 5.32 Å². The van der Waals surface area contributed by atoms with Crippen LogP contribution in [0, 0.1) is 5.92 Å². The summed E-state index contributed by atoms with van der Waals surface area (Å²) in [6.45, 7) is 3.97. The van der Waals surface area contributed by atoms with Gasteiger partial charge in [0, 0.05) is 42.5 Å². The van der Waals surface area contributed by atoms with Crippen molar-refractivity contribution in [2.45, 2.75) is 44.0 Å². The Kier molecular flexibility index (Phi) is 6.29. The van der Waals surface area contributed by atoms with Crippen molar-refractivity contribution in [3.63, 3.8) is 0 Å². The van der Waals surface area contributed by atoms with Crippen LogP contribution in [0.5, 0.6) is 0 Å². The maximum Gasteiger partial charge on any atom is 0.243 e. The molecular weight excluding hydrogens is 450 g/mol. The summed E-state index contributed by atoms with van der Waals surface area (Å²) < 4.78 is 28.1. The van der Waals surface area contributed by atoms with Gasteiger partial charge in [0.2, 0.25) is 21.8 Å². The van der Waals surface area contributed by atoms with Crippen molar-refractivity contribution in [2.24, 2.45) is 5.92 Å². The number of nitrogens with zero attached hydrogens (tertiary/aromatic N) is 2. The first kappa shape index (κ1) is 22.8. The Morgan fingerprint density at radius 2 is 1.84 bits per heavy atom. The zero-order chi connectivity index (χ0) is 23.0. The Labute approximate surface area is 193 Å². The average Bonchev–Trinajstić information content (AvgIpc) is 3.10. The molecule has 9 heteroatoms. The molecule has 2 aliphatic heterocycles. The first-order valence-electron chi connectivity index (χ1n) is 10.7. The SMILES string of the molecule is CC(=O)N1c2ccc(S(=O)(=O)N3CCCC(C(=O)Nc4ccc(Cl)cc4)C3)cc2CC1C. The van der Waals surface area contributed by atoms with Gasteiger partial charge in [0.1, 0.15) is 0 Å². The highest BCUT2D eigenvalue weighted by Gasteiger charge is 2.35. The maximum atomic E-state index is 13.3. The third-order valence-corrected chi connectivity index (χ3v) is 8.22. The number of carbonyl (C=O) groups excluding carboxylic acids is 2. The standard InChI is InChI=1S/C23H26ClN3O4S/c1-15-12-18-13-21(9-10-22(18)27(15)16(2)28)32(30,31)26-11-3-4-17(14-26)23(29)25-20-7-5-19(24)6-8-20/h5-10,13,15,17H,3-4,11-12,14H2,1-2H3,(H,25,29). The highest BCUT2D eigenvalue weighted by Crippen LogP contribution is 2.35. The van der Waals surface area contributed by atoms with E-state index in [0.29, 0.717) is 36.5 Å². The number of nitrogens with one attached hydrogen (secondary N) is 1. The molecule has 0 radical (unpaired) electrons. The van der Waals surface area contributed by atoms with Crippen LogP contribution in [0.1, 0.15) is 32.3 Å². The average molecular weight is 476 g/mol. The van der Waals surface area contributed by atoms with Crippen LogP contribution in [0.3, 0.4) is 0 Å². The number of fused-ring (bicyclic) bond motifs is 1. The van der Waals surface area contributed by atoms with E-state index in [4.69, 9.17) is 11.6 Å². The van der Waals surface area contributed by atoms with Gasteiger partial charge >= 0.3 is 0 Å². The lowest BCUT2D eigenvalue weighted by Crippen LogP contribution is -2.43.